The minimum atomic E-state index is -4.69. The minimum Gasteiger partial charge on any atom is -0.457 e. The second kappa shape index (κ2) is 8.76. The lowest BCUT2D eigenvalue weighted by molar-refractivity contribution is -0.144. The second-order valence-electron chi connectivity index (χ2n) is 6.33. The minimum absolute atomic E-state index is 0.0855. The van der Waals surface area contributed by atoms with E-state index < -0.39 is 23.9 Å². The van der Waals surface area contributed by atoms with Crippen LogP contribution in [0.3, 0.4) is 0 Å². The molecule has 162 valence electrons. The molecule has 2 aromatic carbocycles. The van der Waals surface area contributed by atoms with E-state index in [1.165, 1.54) is 18.3 Å². The third-order valence-electron chi connectivity index (χ3n) is 4.00. The smallest absolute Gasteiger partial charge is 0.451 e. The number of anilines is 1. The number of ether oxygens (including phenoxy) is 2. The largest absolute Gasteiger partial charge is 0.457 e. The Morgan fingerprint density at radius 2 is 1.53 bits per heavy atom. The molecule has 2 heterocycles. The van der Waals surface area contributed by atoms with Crippen molar-refractivity contribution in [1.82, 2.24) is 20.2 Å². The quantitative estimate of drug-likeness (QED) is 0.434. The molecule has 4 rings (SSSR count). The van der Waals surface area contributed by atoms with E-state index >= 15 is 0 Å². The van der Waals surface area contributed by atoms with Crippen molar-refractivity contribution in [1.29, 1.82) is 0 Å². The van der Waals surface area contributed by atoms with Gasteiger partial charge < -0.3 is 9.47 Å². The molecule has 0 aliphatic rings. The Morgan fingerprint density at radius 3 is 2.12 bits per heavy atom. The number of aromatic nitrogens is 4. The molecular weight excluding hydrogens is 427 g/mol. The Labute approximate surface area is 179 Å². The number of nitrogens with one attached hydrogen (secondary N) is 2. The van der Waals surface area contributed by atoms with Crippen LogP contribution in [0.4, 0.5) is 19.1 Å². The van der Waals surface area contributed by atoms with E-state index in [-0.39, 0.29) is 11.4 Å². The van der Waals surface area contributed by atoms with Crippen LogP contribution >= 0.6 is 0 Å². The molecule has 0 saturated carbocycles. The molecule has 0 aliphatic heterocycles. The zero-order valence-electron chi connectivity index (χ0n) is 16.1. The molecule has 0 saturated heterocycles. The van der Waals surface area contributed by atoms with E-state index in [9.17, 15) is 18.0 Å². The lowest BCUT2D eigenvalue weighted by Crippen LogP contribution is -2.13. The summed E-state index contributed by atoms with van der Waals surface area (Å²) in [6.45, 7) is 0. The maximum atomic E-state index is 12.5. The van der Waals surface area contributed by atoms with Crippen LogP contribution in [0.5, 0.6) is 23.1 Å². The van der Waals surface area contributed by atoms with E-state index in [4.69, 9.17) is 9.47 Å². The first-order valence-corrected chi connectivity index (χ1v) is 9.15. The van der Waals surface area contributed by atoms with Crippen LogP contribution in [0.25, 0.3) is 0 Å². The molecule has 0 radical (unpaired) electrons. The van der Waals surface area contributed by atoms with Gasteiger partial charge in [0.15, 0.2) is 0 Å². The molecule has 0 atom stereocenters. The number of carbonyl (C=O) groups excluding carboxylic acids is 1. The van der Waals surface area contributed by atoms with Crippen molar-refractivity contribution in [3.05, 3.63) is 84.3 Å². The highest BCUT2D eigenvalue weighted by Gasteiger charge is 2.35. The molecule has 1 amide bonds. The number of halogens is 3. The van der Waals surface area contributed by atoms with Crippen molar-refractivity contribution in [2.75, 3.05) is 5.32 Å². The highest BCUT2D eigenvalue weighted by atomic mass is 19.4. The SMILES string of the molecule is O=C(Nc1n[nH]c(C(F)(F)F)n1)c1ccc(Oc2ccc(Oc3ccccc3)cc2)nc1. The monoisotopic (exact) mass is 441 g/mol. The normalized spacial score (nSPS) is 11.1. The molecular formula is C21H14F3N5O3. The van der Waals surface area contributed by atoms with Crippen LogP contribution in [0.2, 0.25) is 0 Å². The van der Waals surface area contributed by atoms with Gasteiger partial charge in [0.25, 0.3) is 5.91 Å². The molecule has 8 nitrogen and oxygen atoms in total. The topological polar surface area (TPSA) is 102 Å². The molecule has 0 aliphatic carbocycles. The predicted octanol–water partition coefficient (Wildman–Crippen LogP) is 5.06. The van der Waals surface area contributed by atoms with Crippen molar-refractivity contribution in [3.63, 3.8) is 0 Å². The first kappa shape index (κ1) is 20.8. The van der Waals surface area contributed by atoms with Crippen molar-refractivity contribution < 1.29 is 27.4 Å². The van der Waals surface area contributed by atoms with Crippen molar-refractivity contribution >= 4 is 11.9 Å². The number of rotatable bonds is 6. The van der Waals surface area contributed by atoms with Crippen LogP contribution in [0, 0.1) is 0 Å². The lowest BCUT2D eigenvalue weighted by Gasteiger charge is -2.08. The summed E-state index contributed by atoms with van der Waals surface area (Å²) in [6, 6.07) is 19.0. The van der Waals surface area contributed by atoms with Gasteiger partial charge in [0, 0.05) is 12.3 Å². The van der Waals surface area contributed by atoms with E-state index in [1.54, 1.807) is 29.4 Å². The fourth-order valence-corrected chi connectivity index (χ4v) is 2.51. The number of para-hydroxylation sites is 1. The van der Waals surface area contributed by atoms with Crippen LogP contribution < -0.4 is 14.8 Å². The molecule has 32 heavy (non-hydrogen) atoms. The Balaban J connectivity index is 1.35. The number of amides is 1. The number of hydrogen-bond acceptors (Lipinski definition) is 6. The van der Waals surface area contributed by atoms with Gasteiger partial charge in [-0.2, -0.15) is 18.2 Å². The summed E-state index contributed by atoms with van der Waals surface area (Å²) in [6.07, 6.45) is -3.47. The third kappa shape index (κ3) is 5.19. The summed E-state index contributed by atoms with van der Waals surface area (Å²) >= 11 is 0. The first-order valence-electron chi connectivity index (χ1n) is 9.15. The molecule has 11 heteroatoms. The average molecular weight is 441 g/mol. The summed E-state index contributed by atoms with van der Waals surface area (Å²) in [4.78, 5) is 19.4. The highest BCUT2D eigenvalue weighted by Crippen LogP contribution is 2.27. The highest BCUT2D eigenvalue weighted by molar-refractivity contribution is 6.03. The Kier molecular flexibility index (Phi) is 5.71. The summed E-state index contributed by atoms with van der Waals surface area (Å²) < 4.78 is 48.9. The van der Waals surface area contributed by atoms with Crippen LogP contribution in [-0.4, -0.2) is 26.1 Å². The fraction of sp³-hybridized carbons (Fsp3) is 0.0476. The van der Waals surface area contributed by atoms with Gasteiger partial charge >= 0.3 is 6.18 Å². The number of pyridine rings is 1. The summed E-state index contributed by atoms with van der Waals surface area (Å²) in [5, 5.41) is 7.18. The Bertz CT molecular complexity index is 1190. The summed E-state index contributed by atoms with van der Waals surface area (Å²) in [5.41, 5.74) is 0.0855. The lowest BCUT2D eigenvalue weighted by atomic mass is 10.2. The van der Waals surface area contributed by atoms with E-state index in [2.05, 4.69) is 20.4 Å². The maximum absolute atomic E-state index is 12.5. The number of aromatic amines is 1. The molecule has 2 aromatic heterocycles. The van der Waals surface area contributed by atoms with Crippen molar-refractivity contribution in [3.8, 4) is 23.1 Å². The van der Waals surface area contributed by atoms with Crippen LogP contribution in [0.15, 0.2) is 72.9 Å². The maximum Gasteiger partial charge on any atom is 0.451 e. The van der Waals surface area contributed by atoms with E-state index in [0.717, 1.165) is 0 Å². The predicted molar refractivity (Wildman–Crippen MR) is 107 cm³/mol. The van der Waals surface area contributed by atoms with Gasteiger partial charge in [-0.15, -0.1) is 5.10 Å². The first-order chi connectivity index (χ1) is 15.4. The van der Waals surface area contributed by atoms with Gasteiger partial charge in [-0.25, -0.2) is 4.98 Å². The number of alkyl halides is 3. The number of carbonyl (C=O) groups is 1. The van der Waals surface area contributed by atoms with Gasteiger partial charge in [-0.3, -0.25) is 15.2 Å². The van der Waals surface area contributed by atoms with Crippen molar-refractivity contribution in [2.45, 2.75) is 6.18 Å². The van der Waals surface area contributed by atoms with Gasteiger partial charge in [-0.05, 0) is 42.5 Å². The zero-order chi connectivity index (χ0) is 22.6. The molecule has 0 spiro atoms. The van der Waals surface area contributed by atoms with Crippen LogP contribution in [-0.2, 0) is 6.18 Å². The zero-order valence-corrected chi connectivity index (χ0v) is 16.1. The average Bonchev–Trinajstić information content (AvgIpc) is 3.25. The molecule has 0 bridgehead atoms. The van der Waals surface area contributed by atoms with Gasteiger partial charge in [0.2, 0.25) is 17.7 Å². The van der Waals surface area contributed by atoms with Crippen LogP contribution in [0.1, 0.15) is 16.2 Å². The molecule has 2 N–H and O–H groups in total. The van der Waals surface area contributed by atoms with E-state index in [0.29, 0.717) is 17.2 Å². The summed E-state index contributed by atoms with van der Waals surface area (Å²) in [5.74, 6) is -0.485. The third-order valence-corrected chi connectivity index (χ3v) is 4.00. The standard InChI is InChI=1S/C21H14F3N5O3/c22-21(23,24)19-27-20(29-28-19)26-18(30)13-6-11-17(25-12-13)32-16-9-7-15(8-10-16)31-14-4-2-1-3-5-14/h1-12H,(H2,26,27,28,29,30). The van der Waals surface area contributed by atoms with Gasteiger partial charge in [0.1, 0.15) is 17.2 Å². The van der Waals surface area contributed by atoms with Gasteiger partial charge in [-0.1, -0.05) is 18.2 Å². The molecule has 0 unspecified atom stereocenters. The Hall–Kier alpha value is -4.41. The van der Waals surface area contributed by atoms with Crippen molar-refractivity contribution in [2.24, 2.45) is 0 Å². The Morgan fingerprint density at radius 1 is 0.875 bits per heavy atom. The fourth-order valence-electron chi connectivity index (χ4n) is 2.51. The number of benzene rings is 2. The second-order valence-corrected chi connectivity index (χ2v) is 6.33. The van der Waals surface area contributed by atoms with E-state index in [1.807, 2.05) is 30.3 Å². The molecule has 0 fully saturated rings. The number of H-pyrrole nitrogens is 1. The number of nitrogens with zero attached hydrogens (tertiary/aromatic N) is 3. The molecule has 4 aromatic rings. The van der Waals surface area contributed by atoms with Gasteiger partial charge in [0.05, 0.1) is 5.56 Å². The summed E-state index contributed by atoms with van der Waals surface area (Å²) in [7, 11) is 0. The number of hydrogen-bond donors (Lipinski definition) is 2.